The average molecular weight is 360 g/mol. The summed E-state index contributed by atoms with van der Waals surface area (Å²) in [5.74, 6) is -4.42. The van der Waals surface area contributed by atoms with Gasteiger partial charge in [0.05, 0.1) is 0 Å². The summed E-state index contributed by atoms with van der Waals surface area (Å²) in [5, 5.41) is 13.9. The Kier molecular flexibility index (Phi) is 5.07. The minimum absolute atomic E-state index is 0.0813. The molecule has 0 aromatic heterocycles. The predicted molar refractivity (Wildman–Crippen MR) is 95.6 cm³/mol. The quantitative estimate of drug-likeness (QED) is 0.765. The van der Waals surface area contributed by atoms with Gasteiger partial charge < -0.3 is 16.2 Å². The van der Waals surface area contributed by atoms with Crippen LogP contribution in [0.3, 0.4) is 0 Å². The van der Waals surface area contributed by atoms with Crippen LogP contribution in [-0.4, -0.2) is 16.9 Å². The van der Waals surface area contributed by atoms with Gasteiger partial charge in [-0.05, 0) is 29.7 Å². The van der Waals surface area contributed by atoms with Crippen molar-refractivity contribution in [3.8, 4) is 0 Å². The highest BCUT2D eigenvalue weighted by atomic mass is 19.3. The standard InChI is InChI=1S/C20H22F2N2O2/c21-19(22)11-10-16(12-19)20(26,15-4-2-1-3-5-15)18(25)24-17-8-6-14(13-23)7-9-17/h1-9,16,26H,10-13,23H2,(H,24,25)/t16-,20+/m1/s1. The van der Waals surface area contributed by atoms with Gasteiger partial charge in [0, 0.05) is 31.0 Å². The van der Waals surface area contributed by atoms with Crippen molar-refractivity contribution in [2.24, 2.45) is 11.7 Å². The van der Waals surface area contributed by atoms with E-state index in [1.807, 2.05) is 0 Å². The molecule has 0 radical (unpaired) electrons. The van der Waals surface area contributed by atoms with Crippen molar-refractivity contribution in [3.63, 3.8) is 0 Å². The number of halogens is 2. The molecule has 1 saturated carbocycles. The molecule has 0 aliphatic heterocycles. The summed E-state index contributed by atoms with van der Waals surface area (Å²) >= 11 is 0. The Labute approximate surface area is 151 Å². The van der Waals surface area contributed by atoms with Crippen LogP contribution in [-0.2, 0) is 16.9 Å². The lowest BCUT2D eigenvalue weighted by Gasteiger charge is -2.33. The van der Waals surface area contributed by atoms with Crippen molar-refractivity contribution in [1.29, 1.82) is 0 Å². The highest BCUT2D eigenvalue weighted by Crippen LogP contribution is 2.47. The minimum Gasteiger partial charge on any atom is -0.375 e. The van der Waals surface area contributed by atoms with Crippen molar-refractivity contribution in [2.75, 3.05) is 5.32 Å². The number of hydrogen-bond donors (Lipinski definition) is 3. The molecule has 2 atom stereocenters. The van der Waals surface area contributed by atoms with Gasteiger partial charge in [0.2, 0.25) is 5.92 Å². The summed E-state index contributed by atoms with van der Waals surface area (Å²) in [6.45, 7) is 0.374. The maximum Gasteiger partial charge on any atom is 0.261 e. The first-order valence-electron chi connectivity index (χ1n) is 8.61. The van der Waals surface area contributed by atoms with Crippen LogP contribution in [0.2, 0.25) is 0 Å². The topological polar surface area (TPSA) is 75.3 Å². The van der Waals surface area contributed by atoms with Crippen LogP contribution in [0.4, 0.5) is 14.5 Å². The normalized spacial score (nSPS) is 21.2. The third-order valence-corrected chi connectivity index (χ3v) is 5.00. The molecule has 2 aromatic rings. The van der Waals surface area contributed by atoms with Gasteiger partial charge in [-0.1, -0.05) is 42.5 Å². The van der Waals surface area contributed by atoms with Crippen molar-refractivity contribution < 1.29 is 18.7 Å². The summed E-state index contributed by atoms with van der Waals surface area (Å²) < 4.78 is 27.5. The van der Waals surface area contributed by atoms with Gasteiger partial charge in [0.25, 0.3) is 5.91 Å². The van der Waals surface area contributed by atoms with Gasteiger partial charge in [-0.2, -0.15) is 0 Å². The Morgan fingerprint density at radius 3 is 2.38 bits per heavy atom. The second kappa shape index (κ2) is 7.13. The average Bonchev–Trinajstić information content (AvgIpc) is 3.02. The second-order valence-electron chi connectivity index (χ2n) is 6.78. The largest absolute Gasteiger partial charge is 0.375 e. The molecule has 6 heteroatoms. The molecule has 3 rings (SSSR count). The summed E-state index contributed by atoms with van der Waals surface area (Å²) in [5.41, 5.74) is 5.23. The van der Waals surface area contributed by atoms with Gasteiger partial charge >= 0.3 is 0 Å². The molecule has 1 fully saturated rings. The smallest absolute Gasteiger partial charge is 0.261 e. The molecule has 2 aromatic carbocycles. The zero-order valence-electron chi connectivity index (χ0n) is 14.3. The molecule has 4 N–H and O–H groups in total. The van der Waals surface area contributed by atoms with Crippen LogP contribution in [0.15, 0.2) is 54.6 Å². The van der Waals surface area contributed by atoms with Crippen LogP contribution in [0.25, 0.3) is 0 Å². The number of hydrogen-bond acceptors (Lipinski definition) is 3. The van der Waals surface area contributed by atoms with Crippen LogP contribution >= 0.6 is 0 Å². The highest BCUT2D eigenvalue weighted by Gasteiger charge is 2.53. The Hall–Kier alpha value is -2.31. The number of nitrogens with one attached hydrogen (secondary N) is 1. The molecular weight excluding hydrogens is 338 g/mol. The molecule has 4 nitrogen and oxygen atoms in total. The molecule has 0 spiro atoms. The Bertz CT molecular complexity index is 765. The zero-order chi connectivity index (χ0) is 18.8. The van der Waals surface area contributed by atoms with Crippen molar-refractivity contribution in [3.05, 3.63) is 65.7 Å². The first-order chi connectivity index (χ1) is 12.3. The summed E-state index contributed by atoms with van der Waals surface area (Å²) in [6.07, 6.45) is -0.763. The third-order valence-electron chi connectivity index (χ3n) is 5.00. The highest BCUT2D eigenvalue weighted by molar-refractivity contribution is 5.98. The molecule has 1 amide bonds. The van der Waals surface area contributed by atoms with E-state index in [0.29, 0.717) is 17.8 Å². The number of carbonyl (C=O) groups excluding carboxylic acids is 1. The lowest BCUT2D eigenvalue weighted by molar-refractivity contribution is -0.142. The van der Waals surface area contributed by atoms with Gasteiger partial charge in [-0.15, -0.1) is 0 Å². The van der Waals surface area contributed by atoms with E-state index in [4.69, 9.17) is 5.73 Å². The molecule has 1 aliphatic carbocycles. The van der Waals surface area contributed by atoms with Gasteiger partial charge in [0.1, 0.15) is 0 Å². The summed E-state index contributed by atoms with van der Waals surface area (Å²) in [7, 11) is 0. The molecule has 0 saturated heterocycles. The fraction of sp³-hybridized carbons (Fsp3) is 0.350. The molecule has 0 heterocycles. The Balaban J connectivity index is 1.91. The molecule has 0 bridgehead atoms. The van der Waals surface area contributed by atoms with Gasteiger partial charge in [0.15, 0.2) is 5.60 Å². The Morgan fingerprint density at radius 1 is 1.19 bits per heavy atom. The van der Waals surface area contributed by atoms with E-state index in [1.54, 1.807) is 54.6 Å². The van der Waals surface area contributed by atoms with Crippen LogP contribution < -0.4 is 11.1 Å². The molecule has 26 heavy (non-hydrogen) atoms. The van der Waals surface area contributed by atoms with Crippen LogP contribution in [0.5, 0.6) is 0 Å². The van der Waals surface area contributed by atoms with Crippen LogP contribution in [0, 0.1) is 5.92 Å². The number of aliphatic hydroxyl groups is 1. The molecule has 1 aliphatic rings. The van der Waals surface area contributed by atoms with Gasteiger partial charge in [-0.25, -0.2) is 8.78 Å². The SMILES string of the molecule is NCc1ccc(NC(=O)[C@](O)(c2ccccc2)[C@@H]2CCC(F)(F)C2)cc1. The molecule has 0 unspecified atom stereocenters. The van der Waals surface area contributed by atoms with E-state index >= 15 is 0 Å². The van der Waals surface area contributed by atoms with Gasteiger partial charge in [-0.3, -0.25) is 4.79 Å². The third kappa shape index (κ3) is 3.61. The predicted octanol–water partition coefficient (Wildman–Crippen LogP) is 3.41. The van der Waals surface area contributed by atoms with E-state index in [0.717, 1.165) is 5.56 Å². The number of anilines is 1. The maximum atomic E-state index is 13.8. The van der Waals surface area contributed by atoms with Crippen molar-refractivity contribution in [1.82, 2.24) is 0 Å². The molecule has 138 valence electrons. The second-order valence-corrected chi connectivity index (χ2v) is 6.78. The number of alkyl halides is 2. The zero-order valence-corrected chi connectivity index (χ0v) is 14.3. The van der Waals surface area contributed by atoms with Crippen molar-refractivity contribution in [2.45, 2.75) is 37.3 Å². The number of rotatable bonds is 5. The summed E-state index contributed by atoms with van der Waals surface area (Å²) in [6, 6.07) is 15.2. The van der Waals surface area contributed by atoms with E-state index in [2.05, 4.69) is 5.32 Å². The molecular formula is C20H22F2N2O2. The first kappa shape index (κ1) is 18.5. The monoisotopic (exact) mass is 360 g/mol. The number of carbonyl (C=O) groups is 1. The Morgan fingerprint density at radius 2 is 1.85 bits per heavy atom. The first-order valence-corrected chi connectivity index (χ1v) is 8.61. The minimum atomic E-state index is -2.86. The summed E-state index contributed by atoms with van der Waals surface area (Å²) in [4.78, 5) is 13.0. The van der Waals surface area contributed by atoms with E-state index in [1.165, 1.54) is 0 Å². The van der Waals surface area contributed by atoms with E-state index < -0.39 is 29.8 Å². The van der Waals surface area contributed by atoms with Crippen molar-refractivity contribution >= 4 is 11.6 Å². The fourth-order valence-corrected chi connectivity index (χ4v) is 3.50. The van der Waals surface area contributed by atoms with E-state index in [9.17, 15) is 18.7 Å². The number of amides is 1. The lowest BCUT2D eigenvalue weighted by Crippen LogP contribution is -2.46. The fourth-order valence-electron chi connectivity index (χ4n) is 3.50. The maximum absolute atomic E-state index is 13.8. The lowest BCUT2D eigenvalue weighted by atomic mass is 9.79. The number of nitrogens with two attached hydrogens (primary N) is 1. The number of benzene rings is 2. The van der Waals surface area contributed by atoms with Crippen LogP contribution in [0.1, 0.15) is 30.4 Å². The van der Waals surface area contributed by atoms with E-state index in [-0.39, 0.29) is 12.8 Å².